The van der Waals surface area contributed by atoms with Crippen LogP contribution >= 0.6 is 11.3 Å². The normalized spacial score (nSPS) is 12.7. The summed E-state index contributed by atoms with van der Waals surface area (Å²) in [5.41, 5.74) is 4.87. The highest BCUT2D eigenvalue weighted by atomic mass is 32.1. The van der Waals surface area contributed by atoms with Gasteiger partial charge in [0.05, 0.1) is 6.10 Å². The molecule has 1 atom stereocenters. The first-order chi connectivity index (χ1) is 8.47. The minimum Gasteiger partial charge on any atom is -0.388 e. The Bertz CT molecular complexity index is 554. The van der Waals surface area contributed by atoms with Crippen molar-refractivity contribution in [1.29, 1.82) is 0 Å². The van der Waals surface area contributed by atoms with Crippen molar-refractivity contribution in [3.05, 3.63) is 56.3 Å². The predicted molar refractivity (Wildman–Crippen MR) is 78.4 cm³/mol. The average molecular weight is 260 g/mol. The van der Waals surface area contributed by atoms with E-state index in [9.17, 15) is 5.11 Å². The molecule has 0 spiro atoms. The standard InChI is InChI=1S/C16H20OS/c1-10-5-6-14(7-11(10)2)9-16(17)15-8-12(3)18-13(15)4/h5-8,16-17H,9H2,1-4H3. The third-order valence-electron chi connectivity index (χ3n) is 3.44. The minimum absolute atomic E-state index is 0.392. The maximum absolute atomic E-state index is 10.3. The smallest absolute Gasteiger partial charge is 0.0841 e. The predicted octanol–water partition coefficient (Wildman–Crippen LogP) is 4.26. The number of rotatable bonds is 3. The molecule has 0 fully saturated rings. The molecule has 1 unspecified atom stereocenters. The fourth-order valence-electron chi connectivity index (χ4n) is 2.25. The maximum Gasteiger partial charge on any atom is 0.0841 e. The monoisotopic (exact) mass is 260 g/mol. The Morgan fingerprint density at radius 1 is 1.06 bits per heavy atom. The number of hydrogen-bond acceptors (Lipinski definition) is 2. The van der Waals surface area contributed by atoms with Crippen molar-refractivity contribution in [2.45, 2.75) is 40.2 Å². The molecule has 1 aromatic carbocycles. The molecule has 0 aliphatic carbocycles. The fraction of sp³-hybridized carbons (Fsp3) is 0.375. The van der Waals surface area contributed by atoms with Crippen molar-refractivity contribution < 1.29 is 5.11 Å². The van der Waals surface area contributed by atoms with Gasteiger partial charge in [0.25, 0.3) is 0 Å². The molecule has 0 saturated heterocycles. The third-order valence-corrected chi connectivity index (χ3v) is 4.42. The molecule has 1 aromatic heterocycles. The van der Waals surface area contributed by atoms with Gasteiger partial charge in [0.1, 0.15) is 0 Å². The van der Waals surface area contributed by atoms with Crippen LogP contribution in [0.4, 0.5) is 0 Å². The minimum atomic E-state index is -0.392. The number of thiophene rings is 1. The SMILES string of the molecule is Cc1cc(C(O)Cc2ccc(C)c(C)c2)c(C)s1. The van der Waals surface area contributed by atoms with Crippen LogP contribution in [0.15, 0.2) is 24.3 Å². The molecular weight excluding hydrogens is 240 g/mol. The Morgan fingerprint density at radius 3 is 2.33 bits per heavy atom. The van der Waals surface area contributed by atoms with E-state index >= 15 is 0 Å². The Labute approximate surface area is 113 Å². The summed E-state index contributed by atoms with van der Waals surface area (Å²) in [6.45, 7) is 8.40. The molecule has 0 bridgehead atoms. The van der Waals surface area contributed by atoms with Crippen molar-refractivity contribution in [2.24, 2.45) is 0 Å². The van der Waals surface area contributed by atoms with E-state index < -0.39 is 6.10 Å². The van der Waals surface area contributed by atoms with Crippen LogP contribution < -0.4 is 0 Å². The average Bonchev–Trinajstić information content (AvgIpc) is 2.63. The molecule has 2 aromatic rings. The van der Waals surface area contributed by atoms with Gasteiger partial charge in [-0.2, -0.15) is 0 Å². The van der Waals surface area contributed by atoms with Crippen molar-refractivity contribution in [2.75, 3.05) is 0 Å². The van der Waals surface area contributed by atoms with Gasteiger partial charge in [-0.1, -0.05) is 18.2 Å². The van der Waals surface area contributed by atoms with Crippen LogP contribution in [0.3, 0.4) is 0 Å². The summed E-state index contributed by atoms with van der Waals surface area (Å²) in [6.07, 6.45) is 0.301. The van der Waals surface area contributed by atoms with E-state index in [1.165, 1.54) is 26.4 Å². The summed E-state index contributed by atoms with van der Waals surface area (Å²) in [4.78, 5) is 2.49. The molecule has 0 amide bonds. The van der Waals surface area contributed by atoms with Gasteiger partial charge in [-0.3, -0.25) is 0 Å². The molecule has 2 heteroatoms. The number of aliphatic hydroxyl groups excluding tert-OH is 1. The van der Waals surface area contributed by atoms with E-state index in [-0.39, 0.29) is 0 Å². The van der Waals surface area contributed by atoms with Crippen LogP contribution in [0.1, 0.15) is 38.1 Å². The van der Waals surface area contributed by atoms with Gasteiger partial charge in [0.15, 0.2) is 0 Å². The molecule has 1 N–H and O–H groups in total. The molecule has 96 valence electrons. The third kappa shape index (κ3) is 2.82. The van der Waals surface area contributed by atoms with Crippen LogP contribution in [-0.2, 0) is 6.42 Å². The maximum atomic E-state index is 10.3. The first kappa shape index (κ1) is 13.3. The summed E-state index contributed by atoms with van der Waals surface area (Å²) in [5.74, 6) is 0. The lowest BCUT2D eigenvalue weighted by atomic mass is 9.99. The summed E-state index contributed by atoms with van der Waals surface area (Å²) >= 11 is 1.75. The molecule has 1 heterocycles. The molecule has 0 aliphatic heterocycles. The number of hydrogen-bond donors (Lipinski definition) is 1. The van der Waals surface area contributed by atoms with Gasteiger partial charge < -0.3 is 5.11 Å². The topological polar surface area (TPSA) is 20.2 Å². The molecule has 0 radical (unpaired) electrons. The highest BCUT2D eigenvalue weighted by Crippen LogP contribution is 2.28. The molecule has 18 heavy (non-hydrogen) atoms. The van der Waals surface area contributed by atoms with Crippen LogP contribution in [0, 0.1) is 27.7 Å². The fourth-order valence-corrected chi connectivity index (χ4v) is 3.23. The van der Waals surface area contributed by atoms with Crippen molar-refractivity contribution in [3.8, 4) is 0 Å². The number of aryl methyl sites for hydroxylation is 4. The zero-order valence-electron chi connectivity index (χ0n) is 11.4. The molecule has 0 saturated carbocycles. The zero-order valence-corrected chi connectivity index (χ0v) is 12.3. The Hall–Kier alpha value is -1.12. The lowest BCUT2D eigenvalue weighted by Crippen LogP contribution is -2.02. The van der Waals surface area contributed by atoms with Gasteiger partial charge in [-0.15, -0.1) is 11.3 Å². The van der Waals surface area contributed by atoms with E-state index in [2.05, 4.69) is 52.0 Å². The second-order valence-electron chi connectivity index (χ2n) is 5.01. The quantitative estimate of drug-likeness (QED) is 0.874. The Balaban J connectivity index is 2.18. The Kier molecular flexibility index (Phi) is 3.88. The van der Waals surface area contributed by atoms with E-state index in [4.69, 9.17) is 0 Å². The van der Waals surface area contributed by atoms with Gasteiger partial charge in [0.2, 0.25) is 0 Å². The summed E-state index contributed by atoms with van der Waals surface area (Å²) in [7, 11) is 0. The van der Waals surface area contributed by atoms with Crippen LogP contribution in [0.2, 0.25) is 0 Å². The van der Waals surface area contributed by atoms with E-state index in [1.54, 1.807) is 11.3 Å². The lowest BCUT2D eigenvalue weighted by Gasteiger charge is -2.12. The lowest BCUT2D eigenvalue weighted by molar-refractivity contribution is 0.178. The summed E-state index contributed by atoms with van der Waals surface area (Å²) in [5, 5.41) is 10.3. The van der Waals surface area contributed by atoms with Gasteiger partial charge in [0, 0.05) is 16.2 Å². The van der Waals surface area contributed by atoms with Gasteiger partial charge in [-0.05, 0) is 56.0 Å². The van der Waals surface area contributed by atoms with Gasteiger partial charge in [-0.25, -0.2) is 0 Å². The molecule has 1 nitrogen and oxygen atoms in total. The molecule has 2 rings (SSSR count). The molecule has 0 aliphatic rings. The highest BCUT2D eigenvalue weighted by Gasteiger charge is 2.13. The first-order valence-electron chi connectivity index (χ1n) is 6.28. The largest absolute Gasteiger partial charge is 0.388 e. The van der Waals surface area contributed by atoms with E-state index in [0.29, 0.717) is 6.42 Å². The number of benzene rings is 1. The first-order valence-corrected chi connectivity index (χ1v) is 7.10. The van der Waals surface area contributed by atoms with Crippen molar-refractivity contribution >= 4 is 11.3 Å². The second kappa shape index (κ2) is 5.25. The van der Waals surface area contributed by atoms with Crippen LogP contribution in [0.5, 0.6) is 0 Å². The highest BCUT2D eigenvalue weighted by molar-refractivity contribution is 7.12. The van der Waals surface area contributed by atoms with E-state index in [1.807, 2.05) is 0 Å². The molecular formula is C16H20OS. The van der Waals surface area contributed by atoms with Gasteiger partial charge >= 0.3 is 0 Å². The van der Waals surface area contributed by atoms with Crippen LogP contribution in [0.25, 0.3) is 0 Å². The van der Waals surface area contributed by atoms with Crippen molar-refractivity contribution in [1.82, 2.24) is 0 Å². The second-order valence-corrected chi connectivity index (χ2v) is 6.47. The summed E-state index contributed by atoms with van der Waals surface area (Å²) in [6, 6.07) is 8.52. The van der Waals surface area contributed by atoms with Crippen LogP contribution in [-0.4, -0.2) is 5.11 Å². The Morgan fingerprint density at radius 2 is 1.78 bits per heavy atom. The summed E-state index contributed by atoms with van der Waals surface area (Å²) < 4.78 is 0. The van der Waals surface area contributed by atoms with Crippen molar-refractivity contribution in [3.63, 3.8) is 0 Å². The van der Waals surface area contributed by atoms with E-state index in [0.717, 1.165) is 5.56 Å². The number of aliphatic hydroxyl groups is 1. The zero-order chi connectivity index (χ0) is 13.3.